The monoisotopic (exact) mass is 264 g/mol. The van der Waals surface area contributed by atoms with Crippen molar-refractivity contribution >= 4 is 11.4 Å². The number of nitro groups is 1. The molecule has 0 radical (unpaired) electrons. The highest BCUT2D eigenvalue weighted by Crippen LogP contribution is 2.34. The van der Waals surface area contributed by atoms with Gasteiger partial charge < -0.3 is 10.2 Å². The van der Waals surface area contributed by atoms with Gasteiger partial charge in [0.25, 0.3) is 0 Å². The largest absolute Gasteiger partial charge is 0.360 e. The zero-order valence-corrected chi connectivity index (χ0v) is 11.6. The van der Waals surface area contributed by atoms with Crippen molar-refractivity contribution < 1.29 is 4.92 Å². The zero-order chi connectivity index (χ0) is 14.0. The lowest BCUT2D eigenvalue weighted by Crippen LogP contribution is -2.57. The van der Waals surface area contributed by atoms with E-state index in [4.69, 9.17) is 0 Å². The molecule has 2 rings (SSSR count). The number of aromatic nitrogens is 1. The van der Waals surface area contributed by atoms with Gasteiger partial charge in [-0.05, 0) is 11.5 Å². The third-order valence-corrected chi connectivity index (χ3v) is 3.53. The summed E-state index contributed by atoms with van der Waals surface area (Å²) in [6.07, 6.45) is 2.95. The summed E-state index contributed by atoms with van der Waals surface area (Å²) < 4.78 is 0. The van der Waals surface area contributed by atoms with Crippen LogP contribution in [0.5, 0.6) is 0 Å². The van der Waals surface area contributed by atoms with Crippen LogP contribution in [-0.2, 0) is 0 Å². The molecule has 19 heavy (non-hydrogen) atoms. The first-order chi connectivity index (χ1) is 8.91. The van der Waals surface area contributed by atoms with Crippen molar-refractivity contribution in [1.29, 1.82) is 0 Å². The summed E-state index contributed by atoms with van der Waals surface area (Å²) in [4.78, 5) is 16.8. The second-order valence-corrected chi connectivity index (χ2v) is 5.90. The van der Waals surface area contributed by atoms with E-state index < -0.39 is 0 Å². The maximum Gasteiger partial charge on any atom is 0.310 e. The Balaban J connectivity index is 2.41. The van der Waals surface area contributed by atoms with Gasteiger partial charge in [0, 0.05) is 31.9 Å². The van der Waals surface area contributed by atoms with Gasteiger partial charge >= 0.3 is 5.69 Å². The molecule has 0 saturated carbocycles. The van der Waals surface area contributed by atoms with Crippen molar-refractivity contribution in [3.8, 4) is 0 Å². The Bertz CT molecular complexity index is 470. The van der Waals surface area contributed by atoms with Gasteiger partial charge in [0.1, 0.15) is 11.9 Å². The number of anilines is 1. The van der Waals surface area contributed by atoms with Crippen molar-refractivity contribution in [2.45, 2.75) is 26.8 Å². The van der Waals surface area contributed by atoms with Crippen LogP contribution in [0.15, 0.2) is 18.5 Å². The Kier molecular flexibility index (Phi) is 3.71. The Labute approximate surface area is 113 Å². The van der Waals surface area contributed by atoms with Crippen LogP contribution < -0.4 is 10.2 Å². The van der Waals surface area contributed by atoms with Gasteiger partial charge in [-0.25, -0.2) is 0 Å². The molecule has 0 aliphatic carbocycles. The fourth-order valence-corrected chi connectivity index (χ4v) is 2.53. The molecular weight excluding hydrogens is 244 g/mol. The molecule has 1 aromatic rings. The topological polar surface area (TPSA) is 71.3 Å². The van der Waals surface area contributed by atoms with E-state index >= 15 is 0 Å². The van der Waals surface area contributed by atoms with Crippen LogP contribution >= 0.6 is 0 Å². The first kappa shape index (κ1) is 13.7. The summed E-state index contributed by atoms with van der Waals surface area (Å²) in [5.41, 5.74) is 0.796. The number of hydrogen-bond donors (Lipinski definition) is 1. The van der Waals surface area contributed by atoms with Gasteiger partial charge in [-0.2, -0.15) is 0 Å². The van der Waals surface area contributed by atoms with Crippen molar-refractivity contribution in [2.24, 2.45) is 5.41 Å². The summed E-state index contributed by atoms with van der Waals surface area (Å²) in [5.74, 6) is 0. The van der Waals surface area contributed by atoms with E-state index in [0.29, 0.717) is 5.69 Å². The van der Waals surface area contributed by atoms with Crippen molar-refractivity contribution in [3.63, 3.8) is 0 Å². The van der Waals surface area contributed by atoms with Crippen LogP contribution in [0.1, 0.15) is 20.8 Å². The Morgan fingerprint density at radius 2 is 2.26 bits per heavy atom. The highest BCUT2D eigenvalue weighted by molar-refractivity contribution is 5.62. The van der Waals surface area contributed by atoms with Crippen molar-refractivity contribution in [1.82, 2.24) is 10.3 Å². The van der Waals surface area contributed by atoms with E-state index in [-0.39, 0.29) is 22.1 Å². The lowest BCUT2D eigenvalue weighted by Gasteiger charge is -2.44. The maximum atomic E-state index is 11.1. The minimum Gasteiger partial charge on any atom is -0.360 e. The van der Waals surface area contributed by atoms with E-state index in [1.54, 1.807) is 12.3 Å². The average Bonchev–Trinajstić information content (AvgIpc) is 2.37. The molecule has 0 amide bonds. The normalized spacial score (nSPS) is 20.4. The lowest BCUT2D eigenvalue weighted by atomic mass is 9.84. The second kappa shape index (κ2) is 5.13. The highest BCUT2D eigenvalue weighted by Gasteiger charge is 2.35. The fraction of sp³-hybridized carbons (Fsp3) is 0.615. The summed E-state index contributed by atoms with van der Waals surface area (Å²) in [5, 5.41) is 14.5. The summed E-state index contributed by atoms with van der Waals surface area (Å²) in [6, 6.07) is 1.96. The zero-order valence-electron chi connectivity index (χ0n) is 11.6. The van der Waals surface area contributed by atoms with E-state index in [1.165, 1.54) is 6.20 Å². The third-order valence-electron chi connectivity index (χ3n) is 3.53. The van der Waals surface area contributed by atoms with Crippen LogP contribution in [0.3, 0.4) is 0 Å². The summed E-state index contributed by atoms with van der Waals surface area (Å²) in [7, 11) is 0. The molecule has 0 spiro atoms. The average molecular weight is 264 g/mol. The molecule has 6 nitrogen and oxygen atoms in total. The molecule has 1 atom stereocenters. The molecule has 1 aliphatic rings. The molecule has 104 valence electrons. The molecule has 2 heterocycles. The first-order valence-corrected chi connectivity index (χ1v) is 6.47. The summed E-state index contributed by atoms with van der Waals surface area (Å²) >= 11 is 0. The number of pyridine rings is 1. The van der Waals surface area contributed by atoms with E-state index in [9.17, 15) is 10.1 Å². The van der Waals surface area contributed by atoms with Gasteiger partial charge in [0.15, 0.2) is 0 Å². The second-order valence-electron chi connectivity index (χ2n) is 5.90. The van der Waals surface area contributed by atoms with E-state index in [0.717, 1.165) is 19.6 Å². The molecule has 1 aliphatic heterocycles. The lowest BCUT2D eigenvalue weighted by molar-refractivity contribution is -0.384. The van der Waals surface area contributed by atoms with Crippen LogP contribution in [0, 0.1) is 15.5 Å². The van der Waals surface area contributed by atoms with Gasteiger partial charge in [0.05, 0.1) is 4.92 Å². The van der Waals surface area contributed by atoms with Crippen LogP contribution in [0.2, 0.25) is 0 Å². The molecule has 1 unspecified atom stereocenters. The van der Waals surface area contributed by atoms with Gasteiger partial charge in [-0.1, -0.05) is 20.8 Å². The molecule has 0 aromatic carbocycles. The van der Waals surface area contributed by atoms with E-state index in [1.807, 2.05) is 0 Å². The van der Waals surface area contributed by atoms with Crippen LogP contribution in [0.4, 0.5) is 11.4 Å². The van der Waals surface area contributed by atoms with Gasteiger partial charge in [-0.15, -0.1) is 0 Å². The van der Waals surface area contributed by atoms with Crippen LogP contribution in [0.25, 0.3) is 0 Å². The molecule has 0 bridgehead atoms. The smallest absolute Gasteiger partial charge is 0.310 e. The molecule has 1 N–H and O–H groups in total. The molecule has 1 aromatic heterocycles. The van der Waals surface area contributed by atoms with Crippen molar-refractivity contribution in [2.75, 3.05) is 24.5 Å². The molecule has 6 heteroatoms. The predicted octanol–water partition coefficient (Wildman–Crippen LogP) is 1.81. The quantitative estimate of drug-likeness (QED) is 0.651. The van der Waals surface area contributed by atoms with Crippen LogP contribution in [-0.4, -0.2) is 35.6 Å². The Morgan fingerprint density at radius 1 is 1.53 bits per heavy atom. The standard InChI is InChI=1S/C13H20N4O2/c1-13(2,3)12-9-15-6-7-16(12)10-4-5-14-8-11(10)17(18)19/h4-5,8,12,15H,6-7,9H2,1-3H3. The fourth-order valence-electron chi connectivity index (χ4n) is 2.53. The first-order valence-electron chi connectivity index (χ1n) is 6.47. The molecule has 1 saturated heterocycles. The van der Waals surface area contributed by atoms with Gasteiger partial charge in [0.2, 0.25) is 0 Å². The number of rotatable bonds is 2. The molecular formula is C13H20N4O2. The van der Waals surface area contributed by atoms with Crippen molar-refractivity contribution in [3.05, 3.63) is 28.6 Å². The molecule has 1 fully saturated rings. The van der Waals surface area contributed by atoms with E-state index in [2.05, 4.69) is 36.0 Å². The minimum absolute atomic E-state index is 0.0462. The number of nitrogens with one attached hydrogen (secondary N) is 1. The van der Waals surface area contributed by atoms with Gasteiger partial charge in [-0.3, -0.25) is 15.1 Å². The third kappa shape index (κ3) is 2.84. The maximum absolute atomic E-state index is 11.1. The Hall–Kier alpha value is -1.69. The Morgan fingerprint density at radius 3 is 2.89 bits per heavy atom. The summed E-state index contributed by atoms with van der Waals surface area (Å²) in [6.45, 7) is 8.92. The SMILES string of the molecule is CC(C)(C)C1CNCCN1c1ccncc1[N+](=O)[O-]. The minimum atomic E-state index is -0.357. The number of nitrogens with zero attached hydrogens (tertiary/aromatic N) is 3. The number of piperazine rings is 1. The highest BCUT2D eigenvalue weighted by atomic mass is 16.6. The predicted molar refractivity (Wildman–Crippen MR) is 74.4 cm³/mol. The number of hydrogen-bond acceptors (Lipinski definition) is 5.